The number of hydrogen-bond donors (Lipinski definition) is 1. The van der Waals surface area contributed by atoms with Crippen molar-refractivity contribution < 1.29 is 13.2 Å². The second-order valence-corrected chi connectivity index (χ2v) is 3.60. The van der Waals surface area contributed by atoms with Crippen LogP contribution in [0.15, 0.2) is 0 Å². The Labute approximate surface area is 73.3 Å². The van der Waals surface area contributed by atoms with Gasteiger partial charge in [0.05, 0.1) is 0 Å². The van der Waals surface area contributed by atoms with E-state index in [-0.39, 0.29) is 24.9 Å². The molecule has 0 bridgehead atoms. The Morgan fingerprint density at radius 2 is 1.91 bits per heavy atom. The van der Waals surface area contributed by atoms with Crippen molar-refractivity contribution in [2.45, 2.75) is 23.9 Å². The van der Waals surface area contributed by atoms with E-state index in [9.17, 15) is 13.2 Å². The Morgan fingerprint density at radius 1 is 1.36 bits per heavy atom. The quantitative estimate of drug-likeness (QED) is 0.656. The lowest BCUT2D eigenvalue weighted by molar-refractivity contribution is -0.129. The highest BCUT2D eigenvalue weighted by atomic mass is 35.5. The van der Waals surface area contributed by atoms with Crippen LogP contribution < -0.4 is 5.73 Å². The predicted octanol–water partition coefficient (Wildman–Crippen LogP) is 1.80. The molecule has 11 heavy (non-hydrogen) atoms. The molecule has 1 heterocycles. The fourth-order valence-corrected chi connectivity index (χ4v) is 2.07. The van der Waals surface area contributed by atoms with Crippen LogP contribution in [-0.2, 0) is 0 Å². The number of nitrogens with two attached hydrogens (primary N) is 1. The van der Waals surface area contributed by atoms with Crippen LogP contribution >= 0.6 is 24.2 Å². The Morgan fingerprint density at radius 3 is 2.09 bits per heavy atom. The molecule has 0 aromatic heterocycles. The average Bonchev–Trinajstić information content (AvgIpc) is 2.11. The predicted molar refractivity (Wildman–Crippen MR) is 42.1 cm³/mol. The summed E-state index contributed by atoms with van der Waals surface area (Å²) in [6, 6.07) is -0.267. The summed E-state index contributed by atoms with van der Waals surface area (Å²) in [7, 11) is 0. The normalized spacial score (nSPS) is 31.6. The maximum Gasteiger partial charge on any atom is 0.400 e. The van der Waals surface area contributed by atoms with E-state index in [2.05, 4.69) is 0 Å². The molecule has 1 aliphatic rings. The van der Waals surface area contributed by atoms with Crippen LogP contribution in [0.3, 0.4) is 0 Å². The standard InChI is InChI=1S/C5H8F3NS.ClH/c6-5(7,8)4-1-3(9)2-10-4;/h3-4H,1-2,9H2;1H/t3-,4-;/m0./s1. The van der Waals surface area contributed by atoms with Crippen molar-refractivity contribution in [2.24, 2.45) is 5.73 Å². The van der Waals surface area contributed by atoms with Crippen molar-refractivity contribution in [3.05, 3.63) is 0 Å². The number of rotatable bonds is 0. The van der Waals surface area contributed by atoms with E-state index in [0.29, 0.717) is 5.75 Å². The van der Waals surface area contributed by atoms with E-state index in [1.807, 2.05) is 0 Å². The minimum atomic E-state index is -4.06. The smallest absolute Gasteiger partial charge is 0.327 e. The molecule has 1 aliphatic heterocycles. The van der Waals surface area contributed by atoms with Gasteiger partial charge >= 0.3 is 6.18 Å². The SMILES string of the molecule is Cl.N[C@@H]1CS[C@H](C(F)(F)F)C1. The van der Waals surface area contributed by atoms with Crippen LogP contribution in [0.1, 0.15) is 6.42 Å². The van der Waals surface area contributed by atoms with Crippen molar-refractivity contribution in [3.63, 3.8) is 0 Å². The molecule has 0 amide bonds. The third-order valence-electron chi connectivity index (χ3n) is 1.39. The van der Waals surface area contributed by atoms with Crippen LogP contribution in [0.4, 0.5) is 13.2 Å². The highest BCUT2D eigenvalue weighted by molar-refractivity contribution is 8.00. The maximum atomic E-state index is 11.9. The minimum absolute atomic E-state index is 0. The Bertz CT molecular complexity index is 129. The molecule has 2 atom stereocenters. The Balaban J connectivity index is 0.000001000. The zero-order chi connectivity index (χ0) is 7.78. The molecule has 0 radical (unpaired) electrons. The van der Waals surface area contributed by atoms with E-state index in [0.717, 1.165) is 11.8 Å². The summed E-state index contributed by atoms with van der Waals surface area (Å²) >= 11 is 0.907. The van der Waals surface area contributed by atoms with Crippen LogP contribution in [0, 0.1) is 0 Å². The molecule has 1 nitrogen and oxygen atoms in total. The summed E-state index contributed by atoms with van der Waals surface area (Å²) in [5.41, 5.74) is 5.30. The summed E-state index contributed by atoms with van der Waals surface area (Å²) in [5.74, 6) is 0.435. The monoisotopic (exact) mass is 207 g/mol. The molecule has 68 valence electrons. The highest BCUT2D eigenvalue weighted by Crippen LogP contribution is 2.38. The zero-order valence-corrected chi connectivity index (χ0v) is 7.23. The molecule has 0 aliphatic carbocycles. The van der Waals surface area contributed by atoms with E-state index >= 15 is 0 Å². The molecule has 1 saturated heterocycles. The van der Waals surface area contributed by atoms with Crippen LogP contribution in [-0.4, -0.2) is 23.2 Å². The number of alkyl halides is 3. The first-order valence-corrected chi connectivity index (χ1v) is 3.99. The fraction of sp³-hybridized carbons (Fsp3) is 1.00. The first-order valence-electron chi connectivity index (χ1n) is 2.94. The van der Waals surface area contributed by atoms with Crippen molar-refractivity contribution in [3.8, 4) is 0 Å². The molecule has 0 unspecified atom stereocenters. The summed E-state index contributed by atoms with van der Waals surface area (Å²) in [4.78, 5) is 0. The molecular formula is C5H9ClF3NS. The lowest BCUT2D eigenvalue weighted by Crippen LogP contribution is -2.27. The minimum Gasteiger partial charge on any atom is -0.327 e. The van der Waals surface area contributed by atoms with Gasteiger partial charge in [-0.15, -0.1) is 24.2 Å². The first-order chi connectivity index (χ1) is 4.50. The van der Waals surface area contributed by atoms with Crippen molar-refractivity contribution in [1.82, 2.24) is 0 Å². The second-order valence-electron chi connectivity index (χ2n) is 2.36. The topological polar surface area (TPSA) is 26.0 Å². The third-order valence-corrected chi connectivity index (χ3v) is 2.88. The Kier molecular flexibility index (Phi) is 4.00. The van der Waals surface area contributed by atoms with Crippen LogP contribution in [0.5, 0.6) is 0 Å². The van der Waals surface area contributed by atoms with Gasteiger partial charge in [-0.05, 0) is 6.42 Å². The largest absolute Gasteiger partial charge is 0.400 e. The zero-order valence-electron chi connectivity index (χ0n) is 5.60. The molecule has 2 N–H and O–H groups in total. The summed E-state index contributed by atoms with van der Waals surface area (Å²) in [5, 5.41) is -1.22. The van der Waals surface area contributed by atoms with E-state index in [1.54, 1.807) is 0 Å². The number of hydrogen-bond acceptors (Lipinski definition) is 2. The van der Waals surface area contributed by atoms with Gasteiger partial charge in [0.1, 0.15) is 5.25 Å². The van der Waals surface area contributed by atoms with E-state index in [4.69, 9.17) is 5.73 Å². The maximum absolute atomic E-state index is 11.9. The van der Waals surface area contributed by atoms with Crippen LogP contribution in [0.2, 0.25) is 0 Å². The van der Waals surface area contributed by atoms with Gasteiger partial charge in [0.25, 0.3) is 0 Å². The molecule has 6 heteroatoms. The number of thioether (sulfide) groups is 1. The first kappa shape index (κ1) is 11.4. The summed E-state index contributed by atoms with van der Waals surface area (Å²) in [6.45, 7) is 0. The van der Waals surface area contributed by atoms with Gasteiger partial charge in [-0.3, -0.25) is 0 Å². The lowest BCUT2D eigenvalue weighted by atomic mass is 10.2. The van der Waals surface area contributed by atoms with Crippen molar-refractivity contribution >= 4 is 24.2 Å². The lowest BCUT2D eigenvalue weighted by Gasteiger charge is -2.12. The number of halogens is 4. The molecule has 0 spiro atoms. The van der Waals surface area contributed by atoms with Gasteiger partial charge in [-0.1, -0.05) is 0 Å². The van der Waals surface area contributed by atoms with E-state index in [1.165, 1.54) is 0 Å². The average molecular weight is 208 g/mol. The van der Waals surface area contributed by atoms with Gasteiger partial charge < -0.3 is 5.73 Å². The molecular weight excluding hydrogens is 199 g/mol. The van der Waals surface area contributed by atoms with Gasteiger partial charge in [0.2, 0.25) is 0 Å². The van der Waals surface area contributed by atoms with Crippen LogP contribution in [0.25, 0.3) is 0 Å². The highest BCUT2D eigenvalue weighted by Gasteiger charge is 2.43. The van der Waals surface area contributed by atoms with E-state index < -0.39 is 11.4 Å². The fourth-order valence-electron chi connectivity index (χ4n) is 0.879. The molecule has 1 rings (SSSR count). The third kappa shape index (κ3) is 3.09. The van der Waals surface area contributed by atoms with Gasteiger partial charge in [0, 0.05) is 11.8 Å². The molecule has 0 aromatic rings. The molecule has 0 saturated carbocycles. The summed E-state index contributed by atoms with van der Waals surface area (Å²) in [6.07, 6.45) is -3.98. The Hall–Kier alpha value is 0.390. The van der Waals surface area contributed by atoms with Crippen molar-refractivity contribution in [2.75, 3.05) is 5.75 Å². The molecule has 0 aromatic carbocycles. The van der Waals surface area contributed by atoms with Gasteiger partial charge in [-0.2, -0.15) is 13.2 Å². The second kappa shape index (κ2) is 3.87. The van der Waals surface area contributed by atoms with Gasteiger partial charge in [-0.25, -0.2) is 0 Å². The van der Waals surface area contributed by atoms with Gasteiger partial charge in [0.15, 0.2) is 0 Å². The van der Waals surface area contributed by atoms with Crippen molar-refractivity contribution in [1.29, 1.82) is 0 Å². The summed E-state index contributed by atoms with van der Waals surface area (Å²) < 4.78 is 35.6. The molecule has 1 fully saturated rings.